The molecule has 31 heavy (non-hydrogen) atoms. The van der Waals surface area contributed by atoms with E-state index in [9.17, 15) is 13.2 Å². The van der Waals surface area contributed by atoms with Crippen molar-refractivity contribution in [1.29, 1.82) is 0 Å². The average molecular weight is 465 g/mol. The van der Waals surface area contributed by atoms with Crippen LogP contribution in [0.1, 0.15) is 44.2 Å². The maximum absolute atomic E-state index is 12.5. The van der Waals surface area contributed by atoms with E-state index in [0.29, 0.717) is 17.3 Å². The smallest absolute Gasteiger partial charge is 0.238 e. The summed E-state index contributed by atoms with van der Waals surface area (Å²) in [7, 11) is -3.85. The Morgan fingerprint density at radius 1 is 1.23 bits per heavy atom. The summed E-state index contributed by atoms with van der Waals surface area (Å²) in [6.45, 7) is 5.91. The normalized spacial score (nSPS) is 17.7. The van der Waals surface area contributed by atoms with Crippen LogP contribution in [0.5, 0.6) is 0 Å². The van der Waals surface area contributed by atoms with Crippen molar-refractivity contribution in [1.82, 2.24) is 14.8 Å². The Bertz CT molecular complexity index is 1070. The number of nitrogens with one attached hydrogen (secondary N) is 1. The number of piperidine rings is 1. The fraction of sp³-hybridized carbons (Fsp3) is 0.550. The van der Waals surface area contributed by atoms with Gasteiger partial charge in [-0.2, -0.15) is 0 Å². The quantitative estimate of drug-likeness (QED) is 0.604. The summed E-state index contributed by atoms with van der Waals surface area (Å²) in [5, 5.41) is 17.6. The predicted octanol–water partition coefficient (Wildman–Crippen LogP) is 2.54. The summed E-state index contributed by atoms with van der Waals surface area (Å²) in [4.78, 5) is 14.8. The summed E-state index contributed by atoms with van der Waals surface area (Å²) in [5.41, 5.74) is 0.930. The average Bonchev–Trinajstić information content (AvgIpc) is 3.47. The molecule has 4 rings (SSSR count). The number of hydrogen-bond acceptors (Lipinski definition) is 7. The van der Waals surface area contributed by atoms with Crippen LogP contribution in [0.3, 0.4) is 0 Å². The van der Waals surface area contributed by atoms with E-state index in [2.05, 4.69) is 31.9 Å². The number of benzene rings is 1. The second-order valence-electron chi connectivity index (χ2n) is 8.42. The van der Waals surface area contributed by atoms with E-state index in [4.69, 9.17) is 5.14 Å². The number of nitrogens with two attached hydrogens (primary N) is 1. The van der Waals surface area contributed by atoms with Crippen LogP contribution in [-0.2, 0) is 14.8 Å². The Kier molecular flexibility index (Phi) is 6.27. The SMILES string of the molecule is Cc1ccc(NC(=O)CSc2nnc(N3CCC(C)CC3)n2C2CC2)cc1S(N)(=O)=O. The maximum Gasteiger partial charge on any atom is 0.238 e. The number of carbonyl (C=O) groups is 1. The lowest BCUT2D eigenvalue weighted by Gasteiger charge is -2.31. The highest BCUT2D eigenvalue weighted by Gasteiger charge is 2.32. The molecule has 0 spiro atoms. The highest BCUT2D eigenvalue weighted by molar-refractivity contribution is 7.99. The van der Waals surface area contributed by atoms with Gasteiger partial charge in [-0.25, -0.2) is 13.6 Å². The van der Waals surface area contributed by atoms with Gasteiger partial charge in [0.05, 0.1) is 10.6 Å². The monoisotopic (exact) mass is 464 g/mol. The van der Waals surface area contributed by atoms with Gasteiger partial charge in [0.2, 0.25) is 21.9 Å². The van der Waals surface area contributed by atoms with Gasteiger partial charge in [-0.1, -0.05) is 24.8 Å². The molecule has 9 nitrogen and oxygen atoms in total. The van der Waals surface area contributed by atoms with Gasteiger partial charge < -0.3 is 10.2 Å². The van der Waals surface area contributed by atoms with Crippen molar-refractivity contribution >= 4 is 39.3 Å². The Hall–Kier alpha value is -2.11. The number of amides is 1. The molecule has 11 heteroatoms. The van der Waals surface area contributed by atoms with Gasteiger partial charge in [0.1, 0.15) is 0 Å². The second kappa shape index (κ2) is 8.79. The summed E-state index contributed by atoms with van der Waals surface area (Å²) in [6, 6.07) is 5.08. The van der Waals surface area contributed by atoms with Crippen LogP contribution in [0, 0.1) is 12.8 Å². The molecule has 1 aromatic carbocycles. The zero-order valence-electron chi connectivity index (χ0n) is 17.7. The first-order chi connectivity index (χ1) is 14.7. The number of anilines is 2. The van der Waals surface area contributed by atoms with Crippen LogP contribution in [-0.4, -0.2) is 47.9 Å². The lowest BCUT2D eigenvalue weighted by molar-refractivity contribution is -0.113. The molecule has 3 N–H and O–H groups in total. The van der Waals surface area contributed by atoms with E-state index in [0.717, 1.165) is 55.8 Å². The number of primary sulfonamides is 1. The lowest BCUT2D eigenvalue weighted by atomic mass is 10.00. The molecule has 0 bridgehead atoms. The maximum atomic E-state index is 12.5. The molecule has 1 saturated carbocycles. The minimum absolute atomic E-state index is 0.00641. The molecule has 168 valence electrons. The third kappa shape index (κ3) is 5.21. The Morgan fingerprint density at radius 3 is 2.58 bits per heavy atom. The summed E-state index contributed by atoms with van der Waals surface area (Å²) in [5.74, 6) is 1.56. The molecular weight excluding hydrogens is 436 g/mol. The van der Waals surface area contributed by atoms with Crippen LogP contribution in [0.2, 0.25) is 0 Å². The first kappa shape index (κ1) is 22.1. The minimum Gasteiger partial charge on any atom is -0.341 e. The summed E-state index contributed by atoms with van der Waals surface area (Å²) < 4.78 is 25.6. The number of aromatic nitrogens is 3. The van der Waals surface area contributed by atoms with Crippen molar-refractivity contribution < 1.29 is 13.2 Å². The molecule has 2 aromatic rings. The van der Waals surface area contributed by atoms with Gasteiger partial charge in [0.15, 0.2) is 5.16 Å². The van der Waals surface area contributed by atoms with Crippen LogP contribution in [0.4, 0.5) is 11.6 Å². The van der Waals surface area contributed by atoms with Crippen LogP contribution in [0.25, 0.3) is 0 Å². The van der Waals surface area contributed by atoms with Crippen molar-refractivity contribution in [2.75, 3.05) is 29.1 Å². The van der Waals surface area contributed by atoms with Crippen LogP contribution >= 0.6 is 11.8 Å². The molecule has 1 aliphatic carbocycles. The van der Waals surface area contributed by atoms with Crippen molar-refractivity contribution in [3.8, 4) is 0 Å². The molecule has 0 unspecified atom stereocenters. The molecule has 1 aliphatic heterocycles. The molecule has 1 amide bonds. The van der Waals surface area contributed by atoms with Gasteiger partial charge in [-0.05, 0) is 56.2 Å². The highest BCUT2D eigenvalue weighted by atomic mass is 32.2. The summed E-state index contributed by atoms with van der Waals surface area (Å²) >= 11 is 1.35. The van der Waals surface area contributed by atoms with E-state index < -0.39 is 10.0 Å². The standard InChI is InChI=1S/C20H28N6O3S2/c1-13-7-9-25(10-8-13)19-23-24-20(26(19)16-5-6-16)30-12-18(27)22-15-4-3-14(2)17(11-15)31(21,28)29/h3-4,11,13,16H,5-10,12H2,1-2H3,(H,22,27)(H2,21,28,29). The van der Waals surface area contributed by atoms with Crippen LogP contribution in [0.15, 0.2) is 28.3 Å². The molecule has 0 radical (unpaired) electrons. The predicted molar refractivity (Wildman–Crippen MR) is 121 cm³/mol. The number of aryl methyl sites for hydroxylation is 1. The molecule has 2 fully saturated rings. The van der Waals surface area contributed by atoms with Crippen molar-refractivity contribution in [3.05, 3.63) is 23.8 Å². The second-order valence-corrected chi connectivity index (χ2v) is 10.9. The lowest BCUT2D eigenvalue weighted by Crippen LogP contribution is -2.34. The zero-order valence-corrected chi connectivity index (χ0v) is 19.4. The van der Waals surface area contributed by atoms with E-state index in [1.807, 2.05) is 0 Å². The van der Waals surface area contributed by atoms with E-state index >= 15 is 0 Å². The fourth-order valence-electron chi connectivity index (χ4n) is 3.76. The van der Waals surface area contributed by atoms with Gasteiger partial charge in [-0.3, -0.25) is 9.36 Å². The van der Waals surface area contributed by atoms with Crippen LogP contribution < -0.4 is 15.4 Å². The molecule has 0 atom stereocenters. The van der Waals surface area contributed by atoms with E-state index in [1.54, 1.807) is 19.1 Å². The first-order valence-electron chi connectivity index (χ1n) is 10.5. The molecule has 1 saturated heterocycles. The number of carbonyl (C=O) groups excluding carboxylic acids is 1. The van der Waals surface area contributed by atoms with Gasteiger partial charge in [0, 0.05) is 24.8 Å². The Morgan fingerprint density at radius 2 is 1.94 bits per heavy atom. The number of thioether (sulfide) groups is 1. The minimum atomic E-state index is -3.85. The zero-order chi connectivity index (χ0) is 22.2. The highest BCUT2D eigenvalue weighted by Crippen LogP contribution is 2.41. The van der Waals surface area contributed by atoms with Gasteiger partial charge in [0.25, 0.3) is 0 Å². The van der Waals surface area contributed by atoms with Crippen molar-refractivity contribution in [2.24, 2.45) is 11.1 Å². The molecule has 2 aliphatic rings. The van der Waals surface area contributed by atoms with Gasteiger partial charge in [-0.15, -0.1) is 10.2 Å². The Labute approximate surface area is 186 Å². The number of sulfonamides is 1. The third-order valence-corrected chi connectivity index (χ3v) is 7.73. The topological polar surface area (TPSA) is 123 Å². The van der Waals surface area contributed by atoms with E-state index in [-0.39, 0.29) is 16.6 Å². The first-order valence-corrected chi connectivity index (χ1v) is 13.0. The van der Waals surface area contributed by atoms with Crippen molar-refractivity contribution in [2.45, 2.75) is 55.6 Å². The van der Waals surface area contributed by atoms with Crippen molar-refractivity contribution in [3.63, 3.8) is 0 Å². The number of rotatable bonds is 7. The fourth-order valence-corrected chi connectivity index (χ4v) is 5.36. The van der Waals surface area contributed by atoms with E-state index in [1.165, 1.54) is 17.8 Å². The Balaban J connectivity index is 1.42. The number of nitrogens with zero attached hydrogens (tertiary/aromatic N) is 4. The molecule has 1 aromatic heterocycles. The number of hydrogen-bond donors (Lipinski definition) is 2. The van der Waals surface area contributed by atoms with Gasteiger partial charge >= 0.3 is 0 Å². The molecular formula is C20H28N6O3S2. The third-order valence-electron chi connectivity index (χ3n) is 5.74. The molecule has 2 heterocycles. The largest absolute Gasteiger partial charge is 0.341 e. The summed E-state index contributed by atoms with van der Waals surface area (Å²) in [6.07, 6.45) is 4.52.